The zero-order valence-electron chi connectivity index (χ0n) is 12.1. The first-order chi connectivity index (χ1) is 9.65. The van der Waals surface area contributed by atoms with E-state index in [9.17, 15) is 4.79 Å². The Bertz CT molecular complexity index is 543. The maximum Gasteiger partial charge on any atom is 0.220 e. The number of hydrogen-bond donors (Lipinski definition) is 1. The molecule has 0 unspecified atom stereocenters. The highest BCUT2D eigenvalue weighted by Crippen LogP contribution is 2.04. The molecule has 108 valence electrons. The molecule has 2 heterocycles. The van der Waals surface area contributed by atoms with Crippen LogP contribution in [0.2, 0.25) is 0 Å². The molecule has 2 rings (SSSR count). The Labute approximate surface area is 119 Å². The van der Waals surface area contributed by atoms with Gasteiger partial charge in [0.15, 0.2) is 0 Å². The molecule has 0 bridgehead atoms. The summed E-state index contributed by atoms with van der Waals surface area (Å²) in [6, 6.07) is 5.78. The van der Waals surface area contributed by atoms with Gasteiger partial charge in [-0.15, -0.1) is 0 Å². The highest BCUT2D eigenvalue weighted by atomic mass is 16.3. The van der Waals surface area contributed by atoms with Gasteiger partial charge in [-0.1, -0.05) is 0 Å². The third-order valence-electron chi connectivity index (χ3n) is 3.15. The summed E-state index contributed by atoms with van der Waals surface area (Å²) in [5.74, 6) is 0.914. The zero-order chi connectivity index (χ0) is 14.4. The van der Waals surface area contributed by atoms with Crippen molar-refractivity contribution in [3.05, 3.63) is 41.6 Å². The Hall–Kier alpha value is -2.04. The number of furan rings is 1. The number of carbonyl (C=O) groups is 1. The maximum atomic E-state index is 11.6. The monoisotopic (exact) mass is 275 g/mol. The Morgan fingerprint density at radius 3 is 2.95 bits per heavy atom. The minimum atomic E-state index is 0.0646. The van der Waals surface area contributed by atoms with Crippen LogP contribution in [0.15, 0.2) is 28.9 Å². The summed E-state index contributed by atoms with van der Waals surface area (Å²) >= 11 is 0. The van der Waals surface area contributed by atoms with Gasteiger partial charge in [0.1, 0.15) is 5.76 Å². The fourth-order valence-electron chi connectivity index (χ4n) is 2.14. The largest absolute Gasteiger partial charge is 0.469 e. The van der Waals surface area contributed by atoms with E-state index in [4.69, 9.17) is 4.42 Å². The van der Waals surface area contributed by atoms with Gasteiger partial charge in [-0.25, -0.2) is 0 Å². The number of hydrogen-bond acceptors (Lipinski definition) is 3. The molecule has 5 nitrogen and oxygen atoms in total. The molecule has 0 aromatic carbocycles. The molecule has 0 radical (unpaired) electrons. The second-order valence-corrected chi connectivity index (χ2v) is 4.93. The first kappa shape index (κ1) is 14.4. The summed E-state index contributed by atoms with van der Waals surface area (Å²) in [6.07, 6.45) is 3.62. The molecule has 0 aliphatic carbocycles. The van der Waals surface area contributed by atoms with Gasteiger partial charge in [0.25, 0.3) is 0 Å². The van der Waals surface area contributed by atoms with Crippen LogP contribution < -0.4 is 5.32 Å². The van der Waals surface area contributed by atoms with Crippen LogP contribution in [0.3, 0.4) is 0 Å². The average molecular weight is 275 g/mol. The van der Waals surface area contributed by atoms with Gasteiger partial charge in [0.2, 0.25) is 5.91 Å². The molecular formula is C15H21N3O2. The van der Waals surface area contributed by atoms with Crippen LogP contribution in [0.1, 0.15) is 30.0 Å². The van der Waals surface area contributed by atoms with Crippen molar-refractivity contribution in [1.82, 2.24) is 15.1 Å². The van der Waals surface area contributed by atoms with Gasteiger partial charge in [-0.05, 0) is 38.5 Å². The summed E-state index contributed by atoms with van der Waals surface area (Å²) in [7, 11) is 0. The Morgan fingerprint density at radius 2 is 2.30 bits per heavy atom. The predicted molar refractivity (Wildman–Crippen MR) is 76.4 cm³/mol. The summed E-state index contributed by atoms with van der Waals surface area (Å²) in [5.41, 5.74) is 2.19. The highest BCUT2D eigenvalue weighted by molar-refractivity contribution is 5.75. The van der Waals surface area contributed by atoms with Crippen molar-refractivity contribution in [3.63, 3.8) is 0 Å². The van der Waals surface area contributed by atoms with Crippen molar-refractivity contribution in [2.24, 2.45) is 0 Å². The van der Waals surface area contributed by atoms with Gasteiger partial charge in [-0.2, -0.15) is 5.10 Å². The second kappa shape index (κ2) is 6.93. The van der Waals surface area contributed by atoms with E-state index in [0.29, 0.717) is 19.4 Å². The number of nitrogens with one attached hydrogen (secondary N) is 1. The summed E-state index contributed by atoms with van der Waals surface area (Å²) < 4.78 is 7.17. The number of carbonyl (C=O) groups excluding carboxylic acids is 1. The number of aromatic nitrogens is 2. The van der Waals surface area contributed by atoms with Crippen LogP contribution >= 0.6 is 0 Å². The zero-order valence-corrected chi connectivity index (χ0v) is 12.1. The maximum absolute atomic E-state index is 11.6. The number of rotatable bonds is 7. The fourth-order valence-corrected chi connectivity index (χ4v) is 2.14. The van der Waals surface area contributed by atoms with E-state index >= 15 is 0 Å². The van der Waals surface area contributed by atoms with Crippen LogP contribution in [0, 0.1) is 13.8 Å². The summed E-state index contributed by atoms with van der Waals surface area (Å²) in [4.78, 5) is 11.6. The molecule has 0 saturated heterocycles. The molecule has 2 aromatic heterocycles. The molecule has 1 amide bonds. The number of nitrogens with zero attached hydrogens (tertiary/aromatic N) is 2. The molecule has 1 N–H and O–H groups in total. The average Bonchev–Trinajstić information content (AvgIpc) is 3.02. The van der Waals surface area contributed by atoms with E-state index in [1.54, 1.807) is 6.26 Å². The van der Waals surface area contributed by atoms with Crippen molar-refractivity contribution in [1.29, 1.82) is 0 Å². The third kappa shape index (κ3) is 4.26. The van der Waals surface area contributed by atoms with E-state index in [2.05, 4.69) is 16.5 Å². The molecule has 0 aliphatic heterocycles. The lowest BCUT2D eigenvalue weighted by molar-refractivity contribution is -0.121. The minimum absolute atomic E-state index is 0.0646. The van der Waals surface area contributed by atoms with Gasteiger partial charge >= 0.3 is 0 Å². The van der Waals surface area contributed by atoms with Crippen LogP contribution in [0.25, 0.3) is 0 Å². The van der Waals surface area contributed by atoms with Gasteiger partial charge in [-0.3, -0.25) is 9.48 Å². The first-order valence-corrected chi connectivity index (χ1v) is 6.95. The highest BCUT2D eigenvalue weighted by Gasteiger charge is 2.04. The first-order valence-electron chi connectivity index (χ1n) is 6.95. The third-order valence-corrected chi connectivity index (χ3v) is 3.15. The molecule has 5 heteroatoms. The lowest BCUT2D eigenvalue weighted by Gasteiger charge is -2.06. The number of amides is 1. The van der Waals surface area contributed by atoms with E-state index in [1.165, 1.54) is 0 Å². The summed E-state index contributed by atoms with van der Waals surface area (Å²) in [5, 5.41) is 7.31. The van der Waals surface area contributed by atoms with Crippen LogP contribution in [0.5, 0.6) is 0 Å². The van der Waals surface area contributed by atoms with Gasteiger partial charge in [0.05, 0.1) is 12.0 Å². The van der Waals surface area contributed by atoms with Gasteiger partial charge in [0, 0.05) is 31.6 Å². The molecule has 2 aromatic rings. The van der Waals surface area contributed by atoms with Crippen LogP contribution in [0.4, 0.5) is 0 Å². The second-order valence-electron chi connectivity index (χ2n) is 4.93. The lowest BCUT2D eigenvalue weighted by atomic mass is 10.2. The topological polar surface area (TPSA) is 60.1 Å². The molecule has 0 atom stereocenters. The summed E-state index contributed by atoms with van der Waals surface area (Å²) in [6.45, 7) is 5.54. The Balaban J connectivity index is 1.61. The Morgan fingerprint density at radius 1 is 1.45 bits per heavy atom. The molecular weight excluding hydrogens is 254 g/mol. The van der Waals surface area contributed by atoms with Crippen molar-refractivity contribution >= 4 is 5.91 Å². The van der Waals surface area contributed by atoms with E-state index in [0.717, 1.165) is 30.1 Å². The molecule has 0 spiro atoms. The van der Waals surface area contributed by atoms with Gasteiger partial charge < -0.3 is 9.73 Å². The SMILES string of the molecule is Cc1cc(C)n(CCCNC(=O)CCc2ccco2)n1. The fraction of sp³-hybridized carbons (Fsp3) is 0.467. The molecule has 0 saturated carbocycles. The van der Waals surface area contributed by atoms with Crippen molar-refractivity contribution < 1.29 is 9.21 Å². The quantitative estimate of drug-likeness (QED) is 0.788. The Kier molecular flexibility index (Phi) is 4.98. The lowest BCUT2D eigenvalue weighted by Crippen LogP contribution is -2.25. The van der Waals surface area contributed by atoms with Crippen LogP contribution in [-0.4, -0.2) is 22.2 Å². The van der Waals surface area contributed by atoms with Crippen molar-refractivity contribution in [2.45, 2.75) is 39.7 Å². The smallest absolute Gasteiger partial charge is 0.220 e. The predicted octanol–water partition coefficient (Wildman–Crippen LogP) is 2.23. The number of aryl methyl sites for hydroxylation is 4. The van der Waals surface area contributed by atoms with Crippen LogP contribution in [-0.2, 0) is 17.8 Å². The molecule has 0 aliphatic rings. The van der Waals surface area contributed by atoms with E-state index in [-0.39, 0.29) is 5.91 Å². The standard InChI is InChI=1S/C15H21N3O2/c1-12-11-13(2)18(17-12)9-4-8-16-15(19)7-6-14-5-3-10-20-14/h3,5,10-11H,4,6-9H2,1-2H3,(H,16,19). The van der Waals surface area contributed by atoms with E-state index < -0.39 is 0 Å². The van der Waals surface area contributed by atoms with Crippen molar-refractivity contribution in [3.8, 4) is 0 Å². The molecule has 20 heavy (non-hydrogen) atoms. The van der Waals surface area contributed by atoms with E-state index in [1.807, 2.05) is 30.7 Å². The minimum Gasteiger partial charge on any atom is -0.469 e. The normalized spacial score (nSPS) is 10.7. The molecule has 0 fully saturated rings. The van der Waals surface area contributed by atoms with Crippen molar-refractivity contribution in [2.75, 3.05) is 6.54 Å².